The van der Waals surface area contributed by atoms with Gasteiger partial charge in [0, 0.05) is 36.2 Å². The molecule has 8 heteroatoms. The number of aromatic nitrogens is 1. The van der Waals surface area contributed by atoms with Crippen LogP contribution in [0.25, 0.3) is 0 Å². The highest BCUT2D eigenvalue weighted by Gasteiger charge is 2.35. The second-order valence-electron chi connectivity index (χ2n) is 8.84. The largest absolute Gasteiger partial charge is 0.503 e. The van der Waals surface area contributed by atoms with Crippen LogP contribution in [0.1, 0.15) is 67.9 Å². The van der Waals surface area contributed by atoms with Gasteiger partial charge in [-0.25, -0.2) is 9.37 Å². The Kier molecular flexibility index (Phi) is 8.47. The summed E-state index contributed by atoms with van der Waals surface area (Å²) in [7, 11) is 2.87. The molecule has 1 saturated carbocycles. The lowest BCUT2D eigenvalue weighted by Crippen LogP contribution is -2.30. The van der Waals surface area contributed by atoms with Crippen LogP contribution in [-0.2, 0) is 9.53 Å². The molecule has 1 N–H and O–H groups in total. The standard InChI is InChI=1S/C26H32FNO6/c1-15(13-20(29)24-25(30)21(32-3)11-12-28-24)26(31)34-16(2)23(17-7-5-6-8-17)19-10-9-18(27)14-22(19)33-4/h9-12,14-17,23,30H,5-8,13H2,1-4H3/t15-,16+,23+/m1/s1. The topological polar surface area (TPSA) is 95.0 Å². The molecular formula is C26H32FNO6. The van der Waals surface area contributed by atoms with Gasteiger partial charge < -0.3 is 19.3 Å². The number of benzene rings is 1. The fourth-order valence-electron chi connectivity index (χ4n) is 4.80. The second-order valence-corrected chi connectivity index (χ2v) is 8.84. The molecule has 1 aromatic carbocycles. The molecule has 34 heavy (non-hydrogen) atoms. The Morgan fingerprint density at radius 1 is 1.12 bits per heavy atom. The first-order valence-corrected chi connectivity index (χ1v) is 11.6. The number of Topliss-reactive ketones (excluding diaryl/α,β-unsaturated/α-hetero) is 1. The predicted octanol–water partition coefficient (Wildman–Crippen LogP) is 5.06. The van der Waals surface area contributed by atoms with Crippen molar-refractivity contribution in [3.63, 3.8) is 0 Å². The summed E-state index contributed by atoms with van der Waals surface area (Å²) in [6.07, 6.45) is 4.84. The van der Waals surface area contributed by atoms with Gasteiger partial charge in [-0.05, 0) is 31.7 Å². The van der Waals surface area contributed by atoms with Crippen LogP contribution in [0.3, 0.4) is 0 Å². The number of ketones is 1. The Labute approximate surface area is 199 Å². The van der Waals surface area contributed by atoms with Crippen molar-refractivity contribution < 1.29 is 33.3 Å². The molecule has 1 fully saturated rings. The van der Waals surface area contributed by atoms with Crippen molar-refractivity contribution in [3.05, 3.63) is 47.5 Å². The first-order chi connectivity index (χ1) is 16.3. The third-order valence-electron chi connectivity index (χ3n) is 6.54. The van der Waals surface area contributed by atoms with E-state index in [2.05, 4.69) is 4.98 Å². The zero-order valence-electron chi connectivity index (χ0n) is 20.0. The van der Waals surface area contributed by atoms with Crippen molar-refractivity contribution >= 4 is 11.8 Å². The van der Waals surface area contributed by atoms with Crippen molar-refractivity contribution in [2.45, 2.75) is 58.0 Å². The third kappa shape index (κ3) is 5.66. The van der Waals surface area contributed by atoms with Crippen LogP contribution in [0.15, 0.2) is 30.5 Å². The molecule has 0 bridgehead atoms. The Morgan fingerprint density at radius 2 is 1.79 bits per heavy atom. The van der Waals surface area contributed by atoms with Gasteiger partial charge in [-0.1, -0.05) is 25.8 Å². The predicted molar refractivity (Wildman–Crippen MR) is 124 cm³/mol. The normalized spacial score (nSPS) is 16.5. The van der Waals surface area contributed by atoms with Crippen LogP contribution in [0.2, 0.25) is 0 Å². The number of methoxy groups -OCH3 is 2. The quantitative estimate of drug-likeness (QED) is 0.381. The van der Waals surface area contributed by atoms with Gasteiger partial charge in [-0.15, -0.1) is 0 Å². The minimum atomic E-state index is -0.748. The molecule has 0 radical (unpaired) electrons. The van der Waals surface area contributed by atoms with E-state index in [0.29, 0.717) is 5.75 Å². The number of aromatic hydroxyl groups is 1. The number of ether oxygens (including phenoxy) is 3. The summed E-state index contributed by atoms with van der Waals surface area (Å²) in [5.41, 5.74) is 0.664. The van der Waals surface area contributed by atoms with Crippen LogP contribution in [0.4, 0.5) is 4.39 Å². The van der Waals surface area contributed by atoms with Crippen LogP contribution in [0, 0.1) is 17.7 Å². The summed E-state index contributed by atoms with van der Waals surface area (Å²) < 4.78 is 30.1. The molecule has 3 rings (SSSR count). The van der Waals surface area contributed by atoms with Gasteiger partial charge in [0.1, 0.15) is 17.7 Å². The van der Waals surface area contributed by atoms with Crippen molar-refractivity contribution in [2.24, 2.45) is 11.8 Å². The first-order valence-electron chi connectivity index (χ1n) is 11.6. The molecule has 1 aliphatic rings. The smallest absolute Gasteiger partial charge is 0.309 e. The minimum absolute atomic E-state index is 0.134. The van der Waals surface area contributed by atoms with Crippen LogP contribution < -0.4 is 9.47 Å². The Balaban J connectivity index is 1.74. The molecule has 184 valence electrons. The molecular weight excluding hydrogens is 441 g/mol. The van der Waals surface area contributed by atoms with Crippen molar-refractivity contribution in [3.8, 4) is 17.2 Å². The van der Waals surface area contributed by atoms with E-state index >= 15 is 0 Å². The van der Waals surface area contributed by atoms with Gasteiger partial charge in [0.15, 0.2) is 23.0 Å². The number of esters is 1. The average Bonchev–Trinajstić information content (AvgIpc) is 3.34. The van der Waals surface area contributed by atoms with Gasteiger partial charge >= 0.3 is 5.97 Å². The maximum Gasteiger partial charge on any atom is 0.309 e. The fourth-order valence-corrected chi connectivity index (χ4v) is 4.80. The molecule has 0 unspecified atom stereocenters. The van der Waals surface area contributed by atoms with Gasteiger partial charge in [-0.3, -0.25) is 9.59 Å². The van der Waals surface area contributed by atoms with Gasteiger partial charge in [0.25, 0.3) is 0 Å². The van der Waals surface area contributed by atoms with Crippen molar-refractivity contribution in [2.75, 3.05) is 14.2 Å². The summed E-state index contributed by atoms with van der Waals surface area (Å²) in [5.74, 6) is -1.82. The summed E-state index contributed by atoms with van der Waals surface area (Å²) in [5, 5.41) is 10.2. The highest BCUT2D eigenvalue weighted by atomic mass is 19.1. The molecule has 0 spiro atoms. The molecule has 2 aromatic rings. The van der Waals surface area contributed by atoms with E-state index in [0.717, 1.165) is 31.2 Å². The number of carbonyl (C=O) groups is 2. The molecule has 0 saturated heterocycles. The maximum absolute atomic E-state index is 13.8. The lowest BCUT2D eigenvalue weighted by Gasteiger charge is -2.31. The molecule has 1 heterocycles. The zero-order chi connectivity index (χ0) is 24.8. The van der Waals surface area contributed by atoms with E-state index in [9.17, 15) is 19.1 Å². The minimum Gasteiger partial charge on any atom is -0.503 e. The van der Waals surface area contributed by atoms with E-state index in [4.69, 9.17) is 14.2 Å². The first kappa shape index (κ1) is 25.5. The van der Waals surface area contributed by atoms with Gasteiger partial charge in [0.2, 0.25) is 0 Å². The number of carbonyl (C=O) groups excluding carboxylic acids is 2. The van der Waals surface area contributed by atoms with E-state index in [1.165, 1.54) is 38.6 Å². The SMILES string of the molecule is COc1cc(F)ccc1[C@H](C1CCCC1)[C@H](C)OC(=O)[C@H](C)CC(=O)c1nccc(OC)c1O. The highest BCUT2D eigenvalue weighted by molar-refractivity contribution is 5.99. The van der Waals surface area contributed by atoms with Crippen LogP contribution in [0.5, 0.6) is 17.2 Å². The summed E-state index contributed by atoms with van der Waals surface area (Å²) >= 11 is 0. The molecule has 1 aromatic heterocycles. The Morgan fingerprint density at radius 3 is 2.44 bits per heavy atom. The number of pyridine rings is 1. The molecule has 1 aliphatic carbocycles. The van der Waals surface area contributed by atoms with E-state index in [1.54, 1.807) is 13.0 Å². The summed E-state index contributed by atoms with van der Waals surface area (Å²) in [6.45, 7) is 3.43. The van der Waals surface area contributed by atoms with Gasteiger partial charge in [-0.2, -0.15) is 0 Å². The Bertz CT molecular complexity index is 1020. The van der Waals surface area contributed by atoms with Crippen molar-refractivity contribution in [1.82, 2.24) is 4.98 Å². The molecule has 3 atom stereocenters. The van der Waals surface area contributed by atoms with Crippen LogP contribution >= 0.6 is 0 Å². The second kappa shape index (κ2) is 11.3. The highest BCUT2D eigenvalue weighted by Crippen LogP contribution is 2.43. The number of rotatable bonds is 10. The fraction of sp³-hybridized carbons (Fsp3) is 0.500. The van der Waals surface area contributed by atoms with E-state index < -0.39 is 29.6 Å². The number of halogens is 1. The maximum atomic E-state index is 13.8. The molecule has 7 nitrogen and oxygen atoms in total. The van der Waals surface area contributed by atoms with Crippen molar-refractivity contribution in [1.29, 1.82) is 0 Å². The van der Waals surface area contributed by atoms with Gasteiger partial charge in [0.05, 0.1) is 20.1 Å². The number of nitrogens with zero attached hydrogens (tertiary/aromatic N) is 1. The molecule has 0 amide bonds. The van der Waals surface area contributed by atoms with E-state index in [1.807, 2.05) is 6.92 Å². The number of hydrogen-bond acceptors (Lipinski definition) is 7. The Hall–Kier alpha value is -3.16. The molecule has 0 aliphatic heterocycles. The monoisotopic (exact) mass is 473 g/mol. The average molecular weight is 474 g/mol. The summed E-state index contributed by atoms with van der Waals surface area (Å²) in [4.78, 5) is 29.5. The van der Waals surface area contributed by atoms with Crippen LogP contribution in [-0.4, -0.2) is 42.2 Å². The number of hydrogen-bond donors (Lipinski definition) is 1. The lowest BCUT2D eigenvalue weighted by molar-refractivity contribution is -0.154. The lowest BCUT2D eigenvalue weighted by atomic mass is 9.80. The third-order valence-corrected chi connectivity index (χ3v) is 6.54. The zero-order valence-corrected chi connectivity index (χ0v) is 20.0. The summed E-state index contributed by atoms with van der Waals surface area (Å²) in [6, 6.07) is 5.88. The van der Waals surface area contributed by atoms with E-state index in [-0.39, 0.29) is 35.4 Å².